The quantitative estimate of drug-likeness (QED) is 0.219. The van der Waals surface area contributed by atoms with Gasteiger partial charge in [-0.2, -0.15) is 15.2 Å². The number of carbonyl (C=O) groups excluding carboxylic acids is 1. The van der Waals surface area contributed by atoms with Crippen LogP contribution in [-0.2, 0) is 4.79 Å². The van der Waals surface area contributed by atoms with Gasteiger partial charge in [0.2, 0.25) is 5.91 Å². The molecule has 4 aromatic rings. The standard InChI is InChI=1S/C37H39ClF3N7O2S/c1-20(2)34(49)47-17-36(18-47)8-3-4-10-46(16-36)33-23-12-25(38)28(22-6-7-26(40)31-27(22)24(14-42)32(43)51-31)29(41)30(23)44-35(45-33)50-19-37-9-5-11-48(37)15-21(39)13-37/h6-7,12,20-21H,3-5,8-11,13,15-19,43H2,1-2H3/t21-,37+/m1/s1. The molecule has 4 aliphatic heterocycles. The average Bonchev–Trinajstić information content (AvgIpc) is 3.66. The fourth-order valence-electron chi connectivity index (χ4n) is 8.96. The number of alkyl halides is 1. The topological polar surface area (TPSA) is 112 Å². The minimum Gasteiger partial charge on any atom is -0.461 e. The number of thiophene rings is 1. The van der Waals surface area contributed by atoms with Crippen molar-refractivity contribution >= 4 is 60.7 Å². The molecule has 1 spiro atoms. The Morgan fingerprint density at radius 2 is 1.98 bits per heavy atom. The molecular weight excluding hydrogens is 699 g/mol. The number of benzene rings is 2. The first-order valence-corrected chi connectivity index (χ1v) is 18.8. The van der Waals surface area contributed by atoms with Crippen LogP contribution in [0.2, 0.25) is 5.02 Å². The summed E-state index contributed by atoms with van der Waals surface area (Å²) in [6.45, 7) is 7.65. The number of anilines is 2. The molecule has 8 rings (SSSR count). The van der Waals surface area contributed by atoms with Crippen LogP contribution in [0.4, 0.5) is 24.0 Å². The Labute approximate surface area is 303 Å². The van der Waals surface area contributed by atoms with Crippen molar-refractivity contribution in [3.8, 4) is 23.2 Å². The van der Waals surface area contributed by atoms with Crippen molar-refractivity contribution in [2.24, 2.45) is 11.3 Å². The van der Waals surface area contributed by atoms with Crippen molar-refractivity contribution in [1.82, 2.24) is 19.8 Å². The Hall–Kier alpha value is -3.86. The van der Waals surface area contributed by atoms with Crippen LogP contribution in [0.15, 0.2) is 18.2 Å². The lowest BCUT2D eigenvalue weighted by Crippen LogP contribution is -2.62. The fourth-order valence-corrected chi connectivity index (χ4v) is 10.2. The van der Waals surface area contributed by atoms with Gasteiger partial charge in [-0.1, -0.05) is 37.9 Å². The van der Waals surface area contributed by atoms with Gasteiger partial charge in [-0.05, 0) is 49.9 Å². The number of nitrogens with zero attached hydrogens (tertiary/aromatic N) is 6. The maximum absolute atomic E-state index is 17.2. The molecule has 2 atom stereocenters. The van der Waals surface area contributed by atoms with E-state index in [2.05, 4.69) is 14.8 Å². The van der Waals surface area contributed by atoms with Gasteiger partial charge >= 0.3 is 6.01 Å². The number of likely N-dealkylation sites (tertiary alicyclic amines) is 1. The molecule has 1 amide bonds. The SMILES string of the molecule is CC(C)C(=O)N1CC2(CCCCN(c3nc(OC[C@@]45CCCN4C[C@H](F)C5)nc4c(F)c(-c5ccc(F)c6sc(N)c(C#N)c56)c(Cl)cc34)C2)C1. The monoisotopic (exact) mass is 737 g/mol. The number of ether oxygens (including phenoxy) is 1. The smallest absolute Gasteiger partial charge is 0.319 e. The number of rotatable bonds is 6. The summed E-state index contributed by atoms with van der Waals surface area (Å²) < 4.78 is 53.2. The van der Waals surface area contributed by atoms with E-state index in [1.54, 1.807) is 6.07 Å². The normalized spacial score (nSPS) is 23.2. The molecule has 268 valence electrons. The predicted molar refractivity (Wildman–Crippen MR) is 193 cm³/mol. The highest BCUT2D eigenvalue weighted by Crippen LogP contribution is 2.47. The van der Waals surface area contributed by atoms with Crippen molar-refractivity contribution in [3.05, 3.63) is 40.4 Å². The molecule has 9 nitrogen and oxygen atoms in total. The van der Waals surface area contributed by atoms with Crippen molar-refractivity contribution in [1.29, 1.82) is 5.26 Å². The zero-order valence-corrected chi connectivity index (χ0v) is 30.1. The summed E-state index contributed by atoms with van der Waals surface area (Å²) in [6.07, 6.45) is 3.92. The second kappa shape index (κ2) is 12.7. The van der Waals surface area contributed by atoms with Gasteiger partial charge in [0, 0.05) is 66.8 Å². The minimum atomic E-state index is -0.945. The second-order valence-corrected chi connectivity index (χ2v) is 16.6. The zero-order chi connectivity index (χ0) is 35.8. The van der Waals surface area contributed by atoms with Gasteiger partial charge in [-0.15, -0.1) is 11.3 Å². The Bertz CT molecular complexity index is 2120. The maximum Gasteiger partial charge on any atom is 0.319 e. The van der Waals surface area contributed by atoms with Gasteiger partial charge in [0.05, 0.1) is 20.8 Å². The number of aromatic nitrogens is 2. The Morgan fingerprint density at radius 3 is 2.75 bits per heavy atom. The minimum absolute atomic E-state index is 0.0292. The van der Waals surface area contributed by atoms with E-state index in [0.29, 0.717) is 50.3 Å². The molecule has 4 fully saturated rings. The fraction of sp³-hybridized carbons (Fsp3) is 0.514. The van der Waals surface area contributed by atoms with Crippen LogP contribution in [0.1, 0.15) is 57.9 Å². The third kappa shape index (κ3) is 5.65. The number of hydrogen-bond donors (Lipinski definition) is 1. The number of hydrogen-bond acceptors (Lipinski definition) is 9. The molecule has 4 saturated heterocycles. The Morgan fingerprint density at radius 1 is 1.18 bits per heavy atom. The number of carbonyl (C=O) groups is 1. The first kappa shape index (κ1) is 34.2. The van der Waals surface area contributed by atoms with Gasteiger partial charge < -0.3 is 20.3 Å². The molecule has 6 heterocycles. The van der Waals surface area contributed by atoms with Gasteiger partial charge in [0.25, 0.3) is 0 Å². The lowest BCUT2D eigenvalue weighted by molar-refractivity contribution is -0.146. The van der Waals surface area contributed by atoms with E-state index in [1.165, 1.54) is 12.1 Å². The maximum atomic E-state index is 17.2. The van der Waals surface area contributed by atoms with Crippen molar-refractivity contribution in [2.45, 2.75) is 64.1 Å². The summed E-state index contributed by atoms with van der Waals surface area (Å²) in [7, 11) is 0. The summed E-state index contributed by atoms with van der Waals surface area (Å²) in [5, 5.41) is 10.7. The summed E-state index contributed by atoms with van der Waals surface area (Å²) in [6, 6.07) is 6.26. The summed E-state index contributed by atoms with van der Waals surface area (Å²) in [4.78, 5) is 28.5. The number of amides is 1. The molecule has 0 unspecified atom stereocenters. The molecule has 2 aromatic carbocycles. The lowest BCUT2D eigenvalue weighted by Gasteiger charge is -2.52. The van der Waals surface area contributed by atoms with Crippen molar-refractivity contribution in [3.63, 3.8) is 0 Å². The Kier molecular flexibility index (Phi) is 8.51. The van der Waals surface area contributed by atoms with E-state index in [0.717, 1.165) is 50.0 Å². The zero-order valence-electron chi connectivity index (χ0n) is 28.6. The molecule has 0 bridgehead atoms. The van der Waals surface area contributed by atoms with Crippen LogP contribution < -0.4 is 15.4 Å². The van der Waals surface area contributed by atoms with Crippen LogP contribution in [0.5, 0.6) is 6.01 Å². The highest BCUT2D eigenvalue weighted by Gasteiger charge is 2.50. The molecule has 51 heavy (non-hydrogen) atoms. The van der Waals surface area contributed by atoms with Crippen LogP contribution >= 0.6 is 22.9 Å². The van der Waals surface area contributed by atoms with Crippen molar-refractivity contribution in [2.75, 3.05) is 56.5 Å². The largest absolute Gasteiger partial charge is 0.461 e. The molecule has 0 saturated carbocycles. The number of nitrogens with two attached hydrogens (primary N) is 1. The summed E-state index contributed by atoms with van der Waals surface area (Å²) in [5.74, 6) is -0.832. The van der Waals surface area contributed by atoms with Crippen LogP contribution in [0, 0.1) is 34.3 Å². The summed E-state index contributed by atoms with van der Waals surface area (Å²) in [5.41, 5.74) is 5.69. The van der Waals surface area contributed by atoms with E-state index < -0.39 is 23.3 Å². The lowest BCUT2D eigenvalue weighted by atomic mass is 9.75. The third-order valence-electron chi connectivity index (χ3n) is 11.3. The highest BCUT2D eigenvalue weighted by molar-refractivity contribution is 7.23. The molecule has 2 N–H and O–H groups in total. The Balaban J connectivity index is 1.25. The highest BCUT2D eigenvalue weighted by atomic mass is 35.5. The second-order valence-electron chi connectivity index (χ2n) is 15.1. The molecular formula is C37H39ClF3N7O2S. The summed E-state index contributed by atoms with van der Waals surface area (Å²) >= 11 is 7.86. The number of nitriles is 1. The van der Waals surface area contributed by atoms with Crippen LogP contribution in [0.25, 0.3) is 32.1 Å². The third-order valence-corrected chi connectivity index (χ3v) is 12.7. The number of halogens is 4. The number of nitrogen functional groups attached to an aromatic ring is 1. The average molecular weight is 738 g/mol. The number of fused-ring (bicyclic) bond motifs is 3. The van der Waals surface area contributed by atoms with E-state index in [1.807, 2.05) is 24.8 Å². The first-order valence-electron chi connectivity index (χ1n) is 17.6. The van der Waals surface area contributed by atoms with Crippen LogP contribution in [-0.4, -0.2) is 83.3 Å². The van der Waals surface area contributed by atoms with E-state index >= 15 is 4.39 Å². The van der Waals surface area contributed by atoms with Crippen molar-refractivity contribution < 1.29 is 22.7 Å². The van der Waals surface area contributed by atoms with E-state index in [9.17, 15) is 18.8 Å². The van der Waals surface area contributed by atoms with Gasteiger partial charge in [-0.3, -0.25) is 9.69 Å². The molecule has 14 heteroatoms. The molecule has 0 radical (unpaired) electrons. The van der Waals surface area contributed by atoms with E-state index in [-0.39, 0.29) is 72.2 Å². The van der Waals surface area contributed by atoms with Gasteiger partial charge in [0.1, 0.15) is 41.0 Å². The van der Waals surface area contributed by atoms with Gasteiger partial charge in [-0.25, -0.2) is 13.2 Å². The van der Waals surface area contributed by atoms with Crippen LogP contribution in [0.3, 0.4) is 0 Å². The van der Waals surface area contributed by atoms with E-state index in [4.69, 9.17) is 27.1 Å². The first-order chi connectivity index (χ1) is 24.4. The van der Waals surface area contributed by atoms with Gasteiger partial charge in [0.15, 0.2) is 5.82 Å². The molecule has 2 aromatic heterocycles. The molecule has 4 aliphatic rings. The predicted octanol–water partition coefficient (Wildman–Crippen LogP) is 7.33. The molecule has 0 aliphatic carbocycles.